The van der Waals surface area contributed by atoms with Crippen LogP contribution in [0.1, 0.15) is 48.9 Å². The molecule has 1 aliphatic rings. The van der Waals surface area contributed by atoms with E-state index in [0.717, 1.165) is 31.2 Å². The lowest BCUT2D eigenvalue weighted by Crippen LogP contribution is -2.22. The molecule has 1 fully saturated rings. The van der Waals surface area contributed by atoms with E-state index in [1.54, 1.807) is 0 Å². The summed E-state index contributed by atoms with van der Waals surface area (Å²) in [5.41, 5.74) is 9.08. The summed E-state index contributed by atoms with van der Waals surface area (Å²) in [6, 6.07) is 9.29. The lowest BCUT2D eigenvalue weighted by atomic mass is 9.90. The maximum absolute atomic E-state index is 12.0. The maximum Gasteiger partial charge on any atom is 0.162 e. The number of hydrogen-bond acceptors (Lipinski definition) is 2. The van der Waals surface area contributed by atoms with Crippen LogP contribution in [-0.4, -0.2) is 11.3 Å². The summed E-state index contributed by atoms with van der Waals surface area (Å²) >= 11 is 0. The van der Waals surface area contributed by atoms with Gasteiger partial charge in [-0.25, -0.2) is 0 Å². The van der Waals surface area contributed by atoms with Crippen LogP contribution in [-0.2, 0) is 0 Å². The number of azide groups is 1. The number of carbonyl (C=O) groups is 1. The second-order valence-corrected chi connectivity index (χ2v) is 4.91. The van der Waals surface area contributed by atoms with Gasteiger partial charge in [-0.05, 0) is 24.8 Å². The summed E-state index contributed by atoms with van der Waals surface area (Å²) in [5.74, 6) is 0.134. The standard InChI is InChI=1S/C14H17N3O/c15-17-16-14(9-4-5-10-14)11-8-13(18)12-6-2-1-3-7-12/h1-3,6-7H,4-5,8-11H2. The Morgan fingerprint density at radius 1 is 1.28 bits per heavy atom. The molecule has 0 aromatic heterocycles. The summed E-state index contributed by atoms with van der Waals surface area (Å²) in [6.45, 7) is 0. The molecule has 1 aromatic carbocycles. The van der Waals surface area contributed by atoms with Gasteiger partial charge in [-0.3, -0.25) is 4.79 Å². The van der Waals surface area contributed by atoms with E-state index < -0.39 is 0 Å². The lowest BCUT2D eigenvalue weighted by molar-refractivity contribution is 0.0970. The van der Waals surface area contributed by atoms with Crippen molar-refractivity contribution in [2.24, 2.45) is 5.11 Å². The molecule has 0 saturated heterocycles. The highest BCUT2D eigenvalue weighted by atomic mass is 16.1. The Bertz CT molecular complexity index is 457. The van der Waals surface area contributed by atoms with Crippen molar-refractivity contribution in [1.29, 1.82) is 0 Å². The fraction of sp³-hybridized carbons (Fsp3) is 0.500. The van der Waals surface area contributed by atoms with Gasteiger partial charge in [0.25, 0.3) is 0 Å². The number of Topliss-reactive ketones (excluding diaryl/α,β-unsaturated/α-hetero) is 1. The van der Waals surface area contributed by atoms with Gasteiger partial charge in [-0.2, -0.15) is 0 Å². The van der Waals surface area contributed by atoms with E-state index in [9.17, 15) is 4.79 Å². The van der Waals surface area contributed by atoms with Crippen molar-refractivity contribution < 1.29 is 4.79 Å². The van der Waals surface area contributed by atoms with E-state index in [1.165, 1.54) is 0 Å². The Labute approximate surface area is 107 Å². The molecule has 0 amide bonds. The fourth-order valence-electron chi connectivity index (χ4n) is 2.64. The number of ketones is 1. The van der Waals surface area contributed by atoms with Crippen LogP contribution in [0.5, 0.6) is 0 Å². The third kappa shape index (κ3) is 2.90. The molecule has 0 heterocycles. The lowest BCUT2D eigenvalue weighted by Gasteiger charge is -2.21. The molecule has 0 bridgehead atoms. The van der Waals surface area contributed by atoms with Gasteiger partial charge in [0.15, 0.2) is 5.78 Å². The van der Waals surface area contributed by atoms with Gasteiger partial charge in [0.05, 0.1) is 0 Å². The van der Waals surface area contributed by atoms with Crippen LogP contribution in [0.25, 0.3) is 10.4 Å². The van der Waals surface area contributed by atoms with E-state index >= 15 is 0 Å². The van der Waals surface area contributed by atoms with Crippen molar-refractivity contribution in [2.75, 3.05) is 0 Å². The van der Waals surface area contributed by atoms with Crippen molar-refractivity contribution in [3.63, 3.8) is 0 Å². The fourth-order valence-corrected chi connectivity index (χ4v) is 2.64. The summed E-state index contributed by atoms with van der Waals surface area (Å²) in [6.07, 6.45) is 5.16. The van der Waals surface area contributed by atoms with Crippen LogP contribution in [0.3, 0.4) is 0 Å². The Hall–Kier alpha value is -1.80. The van der Waals surface area contributed by atoms with E-state index in [1.807, 2.05) is 30.3 Å². The molecule has 4 nitrogen and oxygen atoms in total. The van der Waals surface area contributed by atoms with Gasteiger partial charge < -0.3 is 0 Å². The van der Waals surface area contributed by atoms with E-state index in [0.29, 0.717) is 12.8 Å². The summed E-state index contributed by atoms with van der Waals surface area (Å²) in [4.78, 5) is 15.0. The number of rotatable bonds is 5. The Morgan fingerprint density at radius 3 is 2.56 bits per heavy atom. The Morgan fingerprint density at radius 2 is 1.94 bits per heavy atom. The van der Waals surface area contributed by atoms with Crippen LogP contribution in [0, 0.1) is 0 Å². The van der Waals surface area contributed by atoms with Crippen LogP contribution in [0.2, 0.25) is 0 Å². The largest absolute Gasteiger partial charge is 0.294 e. The first kappa shape index (κ1) is 12.7. The van der Waals surface area contributed by atoms with Gasteiger partial charge in [0.2, 0.25) is 0 Å². The molecule has 0 atom stereocenters. The molecule has 0 spiro atoms. The molecule has 2 rings (SSSR count). The van der Waals surface area contributed by atoms with Crippen LogP contribution in [0.4, 0.5) is 0 Å². The maximum atomic E-state index is 12.0. The first-order chi connectivity index (χ1) is 8.76. The zero-order valence-corrected chi connectivity index (χ0v) is 10.4. The molecule has 1 aromatic rings. The van der Waals surface area contributed by atoms with E-state index in [-0.39, 0.29) is 11.3 Å². The summed E-state index contributed by atoms with van der Waals surface area (Å²) in [5, 5.41) is 3.95. The number of benzene rings is 1. The number of carbonyl (C=O) groups excluding carboxylic acids is 1. The normalized spacial score (nSPS) is 17.1. The second-order valence-electron chi connectivity index (χ2n) is 4.91. The third-order valence-electron chi connectivity index (χ3n) is 3.70. The van der Waals surface area contributed by atoms with Gasteiger partial charge in [0, 0.05) is 22.4 Å². The number of nitrogens with zero attached hydrogens (tertiary/aromatic N) is 3. The van der Waals surface area contributed by atoms with Gasteiger partial charge in [-0.15, -0.1) is 0 Å². The highest BCUT2D eigenvalue weighted by Crippen LogP contribution is 2.37. The first-order valence-electron chi connectivity index (χ1n) is 6.40. The molecular weight excluding hydrogens is 226 g/mol. The molecule has 18 heavy (non-hydrogen) atoms. The minimum Gasteiger partial charge on any atom is -0.294 e. The van der Waals surface area contributed by atoms with Crippen molar-refractivity contribution >= 4 is 5.78 Å². The van der Waals surface area contributed by atoms with Crippen LogP contribution in [0.15, 0.2) is 35.4 Å². The van der Waals surface area contributed by atoms with Crippen molar-refractivity contribution in [2.45, 2.75) is 44.1 Å². The molecule has 0 aliphatic heterocycles. The van der Waals surface area contributed by atoms with Gasteiger partial charge in [-0.1, -0.05) is 48.3 Å². The predicted molar refractivity (Wildman–Crippen MR) is 70.4 cm³/mol. The Balaban J connectivity index is 1.98. The van der Waals surface area contributed by atoms with E-state index in [4.69, 9.17) is 5.53 Å². The average Bonchev–Trinajstić information content (AvgIpc) is 2.87. The first-order valence-corrected chi connectivity index (χ1v) is 6.40. The molecule has 0 unspecified atom stereocenters. The SMILES string of the molecule is [N-]=[N+]=NC1(CCC(=O)c2ccccc2)CCCC1. The highest BCUT2D eigenvalue weighted by molar-refractivity contribution is 5.96. The van der Waals surface area contributed by atoms with Crippen molar-refractivity contribution in [1.82, 2.24) is 0 Å². The topological polar surface area (TPSA) is 65.8 Å². The molecule has 1 aliphatic carbocycles. The van der Waals surface area contributed by atoms with Crippen LogP contribution >= 0.6 is 0 Å². The summed E-state index contributed by atoms with van der Waals surface area (Å²) < 4.78 is 0. The second kappa shape index (κ2) is 5.69. The zero-order valence-electron chi connectivity index (χ0n) is 10.4. The minimum atomic E-state index is -0.306. The third-order valence-corrected chi connectivity index (χ3v) is 3.70. The smallest absolute Gasteiger partial charge is 0.162 e. The quantitative estimate of drug-likeness (QED) is 0.329. The highest BCUT2D eigenvalue weighted by Gasteiger charge is 2.33. The molecule has 1 saturated carbocycles. The van der Waals surface area contributed by atoms with E-state index in [2.05, 4.69) is 10.0 Å². The molecule has 4 heteroatoms. The van der Waals surface area contributed by atoms with Crippen molar-refractivity contribution in [3.8, 4) is 0 Å². The average molecular weight is 243 g/mol. The zero-order chi connectivity index (χ0) is 12.8. The minimum absolute atomic E-state index is 0.134. The molecule has 0 N–H and O–H groups in total. The number of hydrogen-bond donors (Lipinski definition) is 0. The monoisotopic (exact) mass is 243 g/mol. The molecule has 0 radical (unpaired) electrons. The van der Waals surface area contributed by atoms with Crippen LogP contribution < -0.4 is 0 Å². The van der Waals surface area contributed by atoms with Gasteiger partial charge >= 0.3 is 0 Å². The molecular formula is C14H17N3O. The molecule has 94 valence electrons. The summed E-state index contributed by atoms with van der Waals surface area (Å²) in [7, 11) is 0. The predicted octanol–water partition coefficient (Wildman–Crippen LogP) is 4.27. The van der Waals surface area contributed by atoms with Crippen molar-refractivity contribution in [3.05, 3.63) is 46.3 Å². The van der Waals surface area contributed by atoms with Gasteiger partial charge in [0.1, 0.15) is 0 Å². The Kier molecular flexibility index (Phi) is 4.00.